The average molecular weight is 473 g/mol. The molecular weight excluding hydrogens is 448 g/mol. The predicted molar refractivity (Wildman–Crippen MR) is 113 cm³/mol. The van der Waals surface area contributed by atoms with E-state index in [0.717, 1.165) is 11.3 Å². The van der Waals surface area contributed by atoms with E-state index >= 15 is 0 Å². The maximum Gasteiger partial charge on any atom is 0.191 e. The van der Waals surface area contributed by atoms with Gasteiger partial charge in [0, 0.05) is 18.7 Å². The van der Waals surface area contributed by atoms with Crippen LogP contribution in [0.2, 0.25) is 0 Å². The van der Waals surface area contributed by atoms with Crippen LogP contribution in [0.25, 0.3) is 0 Å². The number of phenolic OH excluding ortho intramolecular Hbond substituents is 1. The van der Waals surface area contributed by atoms with Crippen molar-refractivity contribution in [1.29, 1.82) is 0 Å². The number of nitrogens with zero attached hydrogens (tertiary/aromatic N) is 1. The minimum absolute atomic E-state index is 0. The molecule has 5 nitrogen and oxygen atoms in total. The number of benzene rings is 2. The minimum atomic E-state index is -0.642. The molecule has 142 valence electrons. The van der Waals surface area contributed by atoms with Gasteiger partial charge in [-0.2, -0.15) is 0 Å². The molecule has 0 bridgehead atoms. The highest BCUT2D eigenvalue weighted by molar-refractivity contribution is 14.0. The van der Waals surface area contributed by atoms with Crippen LogP contribution in [0.1, 0.15) is 25.0 Å². The van der Waals surface area contributed by atoms with E-state index in [-0.39, 0.29) is 29.7 Å². The topological polar surface area (TPSA) is 65.9 Å². The number of rotatable bonds is 7. The number of phenols is 1. The van der Waals surface area contributed by atoms with Gasteiger partial charge in [0.05, 0.1) is 13.2 Å². The van der Waals surface area contributed by atoms with E-state index in [9.17, 15) is 9.50 Å². The average Bonchev–Trinajstić information content (AvgIpc) is 2.61. The molecule has 0 unspecified atom stereocenters. The fourth-order valence-electron chi connectivity index (χ4n) is 2.29. The number of guanidine groups is 1. The maximum absolute atomic E-state index is 13.4. The molecule has 0 saturated heterocycles. The molecule has 0 aliphatic rings. The Hall–Kier alpha value is -2.03. The van der Waals surface area contributed by atoms with E-state index < -0.39 is 5.82 Å². The van der Waals surface area contributed by atoms with Crippen LogP contribution in [0.3, 0.4) is 0 Å². The SMILES string of the molecule is CCNC(=NCc1ccc(O)c(F)c1)NCc1ccccc1OCC.I. The van der Waals surface area contributed by atoms with Crippen molar-refractivity contribution >= 4 is 29.9 Å². The fourth-order valence-corrected chi connectivity index (χ4v) is 2.29. The smallest absolute Gasteiger partial charge is 0.191 e. The molecule has 3 N–H and O–H groups in total. The lowest BCUT2D eigenvalue weighted by atomic mass is 10.2. The molecule has 0 spiro atoms. The Morgan fingerprint density at radius 1 is 1.15 bits per heavy atom. The number of hydrogen-bond acceptors (Lipinski definition) is 3. The second kappa shape index (κ2) is 11.6. The van der Waals surface area contributed by atoms with E-state index in [4.69, 9.17) is 4.74 Å². The first-order valence-corrected chi connectivity index (χ1v) is 8.34. The summed E-state index contributed by atoms with van der Waals surface area (Å²) < 4.78 is 19.0. The van der Waals surface area contributed by atoms with Gasteiger partial charge >= 0.3 is 0 Å². The van der Waals surface area contributed by atoms with Crippen molar-refractivity contribution in [3.8, 4) is 11.5 Å². The summed E-state index contributed by atoms with van der Waals surface area (Å²) >= 11 is 0. The van der Waals surface area contributed by atoms with E-state index in [1.807, 2.05) is 38.1 Å². The molecule has 2 aromatic carbocycles. The lowest BCUT2D eigenvalue weighted by Gasteiger charge is -2.14. The van der Waals surface area contributed by atoms with Crippen LogP contribution in [-0.4, -0.2) is 24.2 Å². The molecule has 26 heavy (non-hydrogen) atoms. The third-order valence-electron chi connectivity index (χ3n) is 3.49. The van der Waals surface area contributed by atoms with Gasteiger partial charge in [-0.25, -0.2) is 9.38 Å². The van der Waals surface area contributed by atoms with Gasteiger partial charge in [0.2, 0.25) is 0 Å². The first-order valence-electron chi connectivity index (χ1n) is 8.34. The Labute approximate surface area is 170 Å². The first-order chi connectivity index (χ1) is 12.1. The van der Waals surface area contributed by atoms with E-state index in [1.54, 1.807) is 6.07 Å². The zero-order valence-electron chi connectivity index (χ0n) is 15.0. The van der Waals surface area contributed by atoms with Gasteiger partial charge in [-0.1, -0.05) is 24.3 Å². The Balaban J connectivity index is 0.00000338. The summed E-state index contributed by atoms with van der Waals surface area (Å²) in [5.74, 6) is 0.470. The molecule has 7 heteroatoms. The van der Waals surface area contributed by atoms with Crippen LogP contribution in [0.5, 0.6) is 11.5 Å². The van der Waals surface area contributed by atoms with Gasteiger partial charge in [-0.3, -0.25) is 0 Å². The number of aliphatic imine (C=N–C) groups is 1. The van der Waals surface area contributed by atoms with Crippen LogP contribution in [0.4, 0.5) is 4.39 Å². The number of aromatic hydroxyl groups is 1. The second-order valence-electron chi connectivity index (χ2n) is 5.38. The van der Waals surface area contributed by atoms with Gasteiger partial charge in [0.25, 0.3) is 0 Å². The predicted octanol–water partition coefficient (Wildman–Crippen LogP) is 3.80. The third-order valence-corrected chi connectivity index (χ3v) is 3.49. The highest BCUT2D eigenvalue weighted by atomic mass is 127. The van der Waals surface area contributed by atoms with Gasteiger partial charge < -0.3 is 20.5 Å². The molecule has 0 aliphatic heterocycles. The molecule has 0 fully saturated rings. The van der Waals surface area contributed by atoms with Crippen molar-refractivity contribution in [2.45, 2.75) is 26.9 Å². The van der Waals surface area contributed by atoms with E-state index in [1.165, 1.54) is 12.1 Å². The zero-order valence-corrected chi connectivity index (χ0v) is 17.3. The highest BCUT2D eigenvalue weighted by Crippen LogP contribution is 2.18. The second-order valence-corrected chi connectivity index (χ2v) is 5.38. The molecule has 0 atom stereocenters. The molecule has 0 amide bonds. The summed E-state index contributed by atoms with van der Waals surface area (Å²) in [5, 5.41) is 15.6. The Morgan fingerprint density at radius 3 is 2.62 bits per heavy atom. The summed E-state index contributed by atoms with van der Waals surface area (Å²) in [7, 11) is 0. The lowest BCUT2D eigenvalue weighted by Crippen LogP contribution is -2.36. The quantitative estimate of drug-likeness (QED) is 0.325. The minimum Gasteiger partial charge on any atom is -0.505 e. The molecule has 0 aromatic heterocycles. The molecule has 0 radical (unpaired) electrons. The monoisotopic (exact) mass is 473 g/mol. The summed E-state index contributed by atoms with van der Waals surface area (Å²) in [6.07, 6.45) is 0. The van der Waals surface area contributed by atoms with Crippen molar-refractivity contribution in [1.82, 2.24) is 10.6 Å². The summed E-state index contributed by atoms with van der Waals surface area (Å²) in [6.45, 7) is 6.12. The van der Waals surface area contributed by atoms with Crippen molar-refractivity contribution in [3.63, 3.8) is 0 Å². The Bertz CT molecular complexity index is 726. The summed E-state index contributed by atoms with van der Waals surface area (Å²) in [6, 6.07) is 12.1. The number of para-hydroxylation sites is 1. The standard InChI is InChI=1S/C19H24FN3O2.HI/c1-3-21-19(22-12-14-9-10-17(24)16(20)11-14)23-13-15-7-5-6-8-18(15)25-4-2;/h5-11,24H,3-4,12-13H2,1-2H3,(H2,21,22,23);1H. The van der Waals surface area contributed by atoms with Crippen molar-refractivity contribution in [2.75, 3.05) is 13.2 Å². The van der Waals surface area contributed by atoms with Gasteiger partial charge in [-0.05, 0) is 37.6 Å². The van der Waals surface area contributed by atoms with Crippen LogP contribution in [0, 0.1) is 5.82 Å². The van der Waals surface area contributed by atoms with Crippen LogP contribution < -0.4 is 15.4 Å². The zero-order chi connectivity index (χ0) is 18.1. The Kier molecular flexibility index (Phi) is 9.79. The normalized spacial score (nSPS) is 10.8. The molecule has 2 rings (SSSR count). The first kappa shape index (κ1) is 22.0. The van der Waals surface area contributed by atoms with Crippen LogP contribution >= 0.6 is 24.0 Å². The van der Waals surface area contributed by atoms with Crippen molar-refractivity contribution in [2.24, 2.45) is 4.99 Å². The highest BCUT2D eigenvalue weighted by Gasteiger charge is 2.05. The largest absolute Gasteiger partial charge is 0.505 e. The Morgan fingerprint density at radius 2 is 1.92 bits per heavy atom. The van der Waals surface area contributed by atoms with E-state index in [0.29, 0.717) is 37.8 Å². The van der Waals surface area contributed by atoms with Gasteiger partial charge in [-0.15, -0.1) is 24.0 Å². The number of ether oxygens (including phenoxy) is 1. The van der Waals surface area contributed by atoms with Crippen LogP contribution in [-0.2, 0) is 13.1 Å². The number of nitrogens with one attached hydrogen (secondary N) is 2. The van der Waals surface area contributed by atoms with Crippen molar-refractivity contribution < 1.29 is 14.2 Å². The third kappa shape index (κ3) is 6.70. The maximum atomic E-state index is 13.4. The van der Waals surface area contributed by atoms with Gasteiger partial charge in [0.15, 0.2) is 17.5 Å². The summed E-state index contributed by atoms with van der Waals surface area (Å²) in [4.78, 5) is 4.45. The molecule has 0 saturated carbocycles. The number of hydrogen-bond donors (Lipinski definition) is 3. The lowest BCUT2D eigenvalue weighted by molar-refractivity contribution is 0.336. The molecular formula is C19H25FIN3O2. The van der Waals surface area contributed by atoms with Crippen molar-refractivity contribution in [3.05, 3.63) is 59.4 Å². The van der Waals surface area contributed by atoms with Crippen LogP contribution in [0.15, 0.2) is 47.5 Å². The number of halogens is 2. The fraction of sp³-hybridized carbons (Fsp3) is 0.316. The summed E-state index contributed by atoms with van der Waals surface area (Å²) in [5.41, 5.74) is 1.72. The molecule has 2 aromatic rings. The van der Waals surface area contributed by atoms with Gasteiger partial charge in [0.1, 0.15) is 5.75 Å². The van der Waals surface area contributed by atoms with E-state index in [2.05, 4.69) is 15.6 Å². The molecule has 0 heterocycles. The molecule has 0 aliphatic carbocycles.